The molecule has 2 saturated heterocycles. The number of H-pyrrole nitrogens is 1. The zero-order chi connectivity index (χ0) is 34.7. The van der Waals surface area contributed by atoms with Crippen molar-refractivity contribution in [2.75, 3.05) is 69.4 Å². The Balaban J connectivity index is 0.765. The molecule has 3 aliphatic rings. The quantitative estimate of drug-likeness (QED) is 0.156. The van der Waals surface area contributed by atoms with Crippen LogP contribution in [0.2, 0.25) is 0 Å². The van der Waals surface area contributed by atoms with Gasteiger partial charge in [0, 0.05) is 74.0 Å². The van der Waals surface area contributed by atoms with Gasteiger partial charge in [0.15, 0.2) is 5.82 Å². The minimum atomic E-state index is -0.324. The van der Waals surface area contributed by atoms with Crippen LogP contribution in [0.4, 0.5) is 11.4 Å². The van der Waals surface area contributed by atoms with Crippen molar-refractivity contribution >= 4 is 40.0 Å². The minimum absolute atomic E-state index is 0.0240. The Morgan fingerprint density at radius 3 is 2.35 bits per heavy atom. The molecule has 3 aliphatic heterocycles. The summed E-state index contributed by atoms with van der Waals surface area (Å²) in [6.07, 6.45) is 4.30. The number of anilines is 2. The second-order valence-electron chi connectivity index (χ2n) is 13.2. The van der Waals surface area contributed by atoms with E-state index in [9.17, 15) is 14.4 Å². The zero-order valence-electron chi connectivity index (χ0n) is 28.2. The summed E-state index contributed by atoms with van der Waals surface area (Å²) in [4.78, 5) is 56.0. The number of rotatable bonds is 11. The lowest BCUT2D eigenvalue weighted by Gasteiger charge is -2.36. The number of piperazine rings is 1. The van der Waals surface area contributed by atoms with Gasteiger partial charge in [0.2, 0.25) is 5.91 Å². The van der Waals surface area contributed by atoms with Gasteiger partial charge in [0.1, 0.15) is 0 Å². The van der Waals surface area contributed by atoms with Crippen LogP contribution in [0.5, 0.6) is 0 Å². The van der Waals surface area contributed by atoms with E-state index < -0.39 is 0 Å². The monoisotopic (exact) mass is 685 g/mol. The normalized spacial score (nSPS) is 18.2. The van der Waals surface area contributed by atoms with Crippen molar-refractivity contribution < 1.29 is 19.1 Å². The summed E-state index contributed by atoms with van der Waals surface area (Å²) in [6, 6.07) is 22.6. The molecule has 2 N–H and O–H groups in total. The van der Waals surface area contributed by atoms with Gasteiger partial charge in [-0.25, -0.2) is 9.97 Å². The molecule has 5 heterocycles. The van der Waals surface area contributed by atoms with Gasteiger partial charge in [0.05, 0.1) is 48.1 Å². The molecule has 0 saturated carbocycles. The number of nitrogens with one attached hydrogen (secondary N) is 2. The Kier molecular flexibility index (Phi) is 9.22. The molecular formula is C38H39N9O4. The number of nitrogens with zero attached hydrogens (tertiary/aromatic N) is 7. The Labute approximate surface area is 295 Å². The van der Waals surface area contributed by atoms with Crippen molar-refractivity contribution in [3.63, 3.8) is 0 Å². The van der Waals surface area contributed by atoms with Crippen molar-refractivity contribution in [2.45, 2.75) is 13.0 Å². The van der Waals surface area contributed by atoms with Crippen molar-refractivity contribution in [1.82, 2.24) is 34.9 Å². The van der Waals surface area contributed by atoms with Gasteiger partial charge in [-0.15, -0.1) is 0 Å². The highest BCUT2D eigenvalue weighted by atomic mass is 16.5. The van der Waals surface area contributed by atoms with Crippen LogP contribution in [-0.2, 0) is 16.1 Å². The highest BCUT2D eigenvalue weighted by Crippen LogP contribution is 2.28. The van der Waals surface area contributed by atoms with Crippen LogP contribution in [0.3, 0.4) is 0 Å². The lowest BCUT2D eigenvalue weighted by Crippen LogP contribution is -2.47. The molecular weight excluding hydrogens is 646 g/mol. The third-order valence-electron chi connectivity index (χ3n) is 9.99. The molecule has 3 amide bonds. The maximum Gasteiger partial charge on any atom is 0.261 e. The Bertz CT molecular complexity index is 2010. The molecule has 13 nitrogen and oxygen atoms in total. The Morgan fingerprint density at radius 1 is 0.863 bits per heavy atom. The number of fused-ring (bicyclic) bond motifs is 2. The smallest absolute Gasteiger partial charge is 0.261 e. The maximum absolute atomic E-state index is 13.3. The second-order valence-corrected chi connectivity index (χ2v) is 13.2. The predicted octanol–water partition coefficient (Wildman–Crippen LogP) is 3.87. The summed E-state index contributed by atoms with van der Waals surface area (Å²) in [5.41, 5.74) is 5.01. The van der Waals surface area contributed by atoms with Crippen molar-refractivity contribution in [3.05, 3.63) is 102 Å². The van der Waals surface area contributed by atoms with Crippen LogP contribution in [0.1, 0.15) is 32.8 Å². The number of imide groups is 1. The first-order chi connectivity index (χ1) is 25.0. The first-order valence-electron chi connectivity index (χ1n) is 17.4. The molecule has 0 aliphatic carbocycles. The van der Waals surface area contributed by atoms with Gasteiger partial charge in [-0.1, -0.05) is 12.1 Å². The summed E-state index contributed by atoms with van der Waals surface area (Å²) in [6.45, 7) is 7.34. The van der Waals surface area contributed by atoms with E-state index in [2.05, 4.69) is 64.4 Å². The van der Waals surface area contributed by atoms with Gasteiger partial charge in [-0.2, -0.15) is 5.10 Å². The summed E-state index contributed by atoms with van der Waals surface area (Å²) in [7, 11) is 0. The number of benzene rings is 3. The van der Waals surface area contributed by atoms with Crippen molar-refractivity contribution in [3.8, 4) is 11.4 Å². The molecule has 0 unspecified atom stereocenters. The Hall–Kier alpha value is -5.50. The van der Waals surface area contributed by atoms with Crippen LogP contribution >= 0.6 is 0 Å². The number of hydrogen-bond acceptors (Lipinski definition) is 10. The van der Waals surface area contributed by atoms with Gasteiger partial charge in [0.25, 0.3) is 11.8 Å². The SMILES string of the molecule is O=C(Nc1ccc2n[nH]c(CN3C(=O)c4ccccc4C3=O)c2c1)[C@@H]1CCN(CCOCN2CCN(c3ccc(-c4ncccn4)cc3)CC2)C1. The molecule has 5 aromatic rings. The predicted molar refractivity (Wildman–Crippen MR) is 192 cm³/mol. The van der Waals surface area contributed by atoms with E-state index in [1.54, 1.807) is 36.7 Å². The lowest BCUT2D eigenvalue weighted by atomic mass is 10.1. The van der Waals surface area contributed by atoms with Gasteiger partial charge >= 0.3 is 0 Å². The standard InChI is InChI=1S/C38H39N9O4/c48-36(41-28-8-11-33-32(22-28)34(43-42-33)24-47-37(49)30-4-1-2-5-31(30)38(47)50)27-12-15-44(23-27)20-21-51-25-45-16-18-46(19-17-45)29-9-6-26(7-10-29)35-39-13-3-14-40-35/h1-11,13-14,22,27H,12,15-21,23-25H2,(H,41,48)(H,42,43)/t27-/m1/s1. The first kappa shape index (κ1) is 32.7. The average Bonchev–Trinajstić information content (AvgIpc) is 3.88. The number of amides is 3. The van der Waals surface area contributed by atoms with Gasteiger partial charge in [-0.3, -0.25) is 29.3 Å². The number of carbonyl (C=O) groups is 3. The molecule has 3 aromatic carbocycles. The molecule has 2 aromatic heterocycles. The third kappa shape index (κ3) is 6.96. The van der Waals surface area contributed by atoms with E-state index in [1.807, 2.05) is 24.3 Å². The number of aromatic nitrogens is 4. The zero-order valence-corrected chi connectivity index (χ0v) is 28.2. The van der Waals surface area contributed by atoms with Crippen molar-refractivity contribution in [2.24, 2.45) is 5.92 Å². The van der Waals surface area contributed by atoms with E-state index in [-0.39, 0.29) is 30.2 Å². The number of ether oxygens (including phenoxy) is 1. The molecule has 0 radical (unpaired) electrons. The topological polar surface area (TPSA) is 140 Å². The third-order valence-corrected chi connectivity index (χ3v) is 9.99. The van der Waals surface area contributed by atoms with E-state index in [0.717, 1.165) is 62.5 Å². The number of carbonyl (C=O) groups excluding carboxylic acids is 3. The van der Waals surface area contributed by atoms with Crippen LogP contribution in [-0.4, -0.2) is 112 Å². The van der Waals surface area contributed by atoms with Crippen LogP contribution in [0, 0.1) is 5.92 Å². The summed E-state index contributed by atoms with van der Waals surface area (Å²) in [5, 5.41) is 11.1. The van der Waals surface area contributed by atoms with Gasteiger partial charge in [-0.05, 0) is 73.6 Å². The Morgan fingerprint density at radius 2 is 1.61 bits per heavy atom. The number of likely N-dealkylation sites (tertiary alicyclic amines) is 1. The molecule has 0 spiro atoms. The van der Waals surface area contributed by atoms with Gasteiger partial charge < -0.3 is 19.9 Å². The highest BCUT2D eigenvalue weighted by Gasteiger charge is 2.36. The van der Waals surface area contributed by atoms with E-state index in [1.165, 1.54) is 10.6 Å². The largest absolute Gasteiger partial charge is 0.369 e. The molecule has 51 heavy (non-hydrogen) atoms. The summed E-state index contributed by atoms with van der Waals surface area (Å²) < 4.78 is 6.05. The molecule has 0 bridgehead atoms. The second kappa shape index (κ2) is 14.4. The summed E-state index contributed by atoms with van der Waals surface area (Å²) in [5.74, 6) is -0.0562. The van der Waals surface area contributed by atoms with E-state index in [0.29, 0.717) is 47.9 Å². The van der Waals surface area contributed by atoms with Crippen molar-refractivity contribution in [1.29, 1.82) is 0 Å². The maximum atomic E-state index is 13.3. The minimum Gasteiger partial charge on any atom is -0.369 e. The van der Waals surface area contributed by atoms with Crippen LogP contribution in [0.25, 0.3) is 22.3 Å². The molecule has 13 heteroatoms. The van der Waals surface area contributed by atoms with E-state index >= 15 is 0 Å². The number of aromatic amines is 1. The first-order valence-corrected chi connectivity index (χ1v) is 17.4. The van der Waals surface area contributed by atoms with Crippen LogP contribution < -0.4 is 10.2 Å². The van der Waals surface area contributed by atoms with Crippen LogP contribution in [0.15, 0.2) is 85.2 Å². The fourth-order valence-electron chi connectivity index (χ4n) is 7.09. The molecule has 1 atom stereocenters. The molecule has 8 rings (SSSR count). The fraction of sp³-hybridized carbons (Fsp3) is 0.316. The van der Waals surface area contributed by atoms with E-state index in [4.69, 9.17) is 4.74 Å². The number of hydrogen-bond donors (Lipinski definition) is 2. The fourth-order valence-corrected chi connectivity index (χ4v) is 7.09. The average molecular weight is 686 g/mol. The lowest BCUT2D eigenvalue weighted by molar-refractivity contribution is -0.119. The highest BCUT2D eigenvalue weighted by molar-refractivity contribution is 6.21. The molecule has 2 fully saturated rings. The summed E-state index contributed by atoms with van der Waals surface area (Å²) >= 11 is 0. The molecule has 260 valence electrons.